The summed E-state index contributed by atoms with van der Waals surface area (Å²) >= 11 is 0. The number of esters is 1. The van der Waals surface area contributed by atoms with Crippen molar-refractivity contribution >= 4 is 22.7 Å². The third kappa shape index (κ3) is 6.91. The molecule has 0 saturated heterocycles. The molecule has 3 aromatic heterocycles. The third-order valence-electron chi connectivity index (χ3n) is 9.93. The van der Waals surface area contributed by atoms with E-state index in [0.717, 1.165) is 62.9 Å². The molecule has 5 aromatic carbocycles. The van der Waals surface area contributed by atoms with Gasteiger partial charge in [-0.25, -0.2) is 14.8 Å². The van der Waals surface area contributed by atoms with E-state index in [-0.39, 0.29) is 5.97 Å². The van der Waals surface area contributed by atoms with Crippen molar-refractivity contribution in [2.75, 3.05) is 18.1 Å². The molecule has 0 saturated carbocycles. The van der Waals surface area contributed by atoms with Crippen LogP contribution in [0, 0.1) is 0 Å². The zero-order valence-electron chi connectivity index (χ0n) is 31.4. The van der Waals surface area contributed by atoms with Crippen LogP contribution in [0.2, 0.25) is 0 Å². The molecule has 56 heavy (non-hydrogen) atoms. The highest BCUT2D eigenvalue weighted by molar-refractivity contribution is 5.95. The summed E-state index contributed by atoms with van der Waals surface area (Å²) < 4.78 is 5.33. The quantitative estimate of drug-likeness (QED) is 0.0854. The Morgan fingerprint density at radius 1 is 0.714 bits per heavy atom. The normalized spacial score (nSPS) is 11.4. The van der Waals surface area contributed by atoms with Gasteiger partial charge in [-0.3, -0.25) is 0 Å². The number of fused-ring (bicyclic) bond motifs is 1. The molecule has 0 aliphatic heterocycles. The molecule has 0 amide bonds. The minimum Gasteiger partial charge on any atom is -0.462 e. The van der Waals surface area contributed by atoms with Gasteiger partial charge in [0.05, 0.1) is 17.8 Å². The van der Waals surface area contributed by atoms with Crippen LogP contribution in [0.4, 0.5) is 5.82 Å². The monoisotopic (exact) mass is 735 g/mol. The van der Waals surface area contributed by atoms with Gasteiger partial charge in [0.15, 0.2) is 5.54 Å². The number of anilines is 1. The van der Waals surface area contributed by atoms with Crippen molar-refractivity contribution in [2.24, 2.45) is 0 Å². The van der Waals surface area contributed by atoms with Crippen LogP contribution >= 0.6 is 0 Å². The van der Waals surface area contributed by atoms with Gasteiger partial charge in [0.1, 0.15) is 11.4 Å². The average Bonchev–Trinajstić information content (AvgIpc) is 3.75. The van der Waals surface area contributed by atoms with Gasteiger partial charge in [-0.1, -0.05) is 134 Å². The molecule has 3 heterocycles. The van der Waals surface area contributed by atoms with Gasteiger partial charge in [-0.2, -0.15) is 0 Å². The van der Waals surface area contributed by atoms with Crippen LogP contribution < -0.4 is 4.90 Å². The van der Waals surface area contributed by atoms with Gasteiger partial charge in [0, 0.05) is 35.8 Å². The molecule has 0 spiro atoms. The molecule has 276 valence electrons. The molecule has 8 aromatic rings. The molecule has 0 radical (unpaired) electrons. The summed E-state index contributed by atoms with van der Waals surface area (Å²) in [6, 6.07) is 53.0. The first kappa shape index (κ1) is 36.0. The predicted octanol–water partition coefficient (Wildman–Crippen LogP) is 9.38. The van der Waals surface area contributed by atoms with E-state index >= 15 is 0 Å². The van der Waals surface area contributed by atoms with Crippen LogP contribution in [0.3, 0.4) is 0 Å². The lowest BCUT2D eigenvalue weighted by molar-refractivity contribution is 0.0526. The Hall–Kier alpha value is -7.00. The second kappa shape index (κ2) is 16.2. The SMILES string of the molecule is CCCN(Cc1ccc2nc(-c3ccccc3-c3nnn(C(c4ccccc4)(c4ccccc4)c4ccccc4)n3)ccc2c1)c1ncccc1C(=O)OCC. The van der Waals surface area contributed by atoms with Crippen LogP contribution in [0.25, 0.3) is 33.5 Å². The maximum absolute atomic E-state index is 12.8. The number of pyridine rings is 2. The second-order valence-electron chi connectivity index (χ2n) is 13.5. The molecule has 8 rings (SSSR count). The van der Waals surface area contributed by atoms with Gasteiger partial charge < -0.3 is 9.64 Å². The van der Waals surface area contributed by atoms with Crippen molar-refractivity contribution in [1.29, 1.82) is 0 Å². The molecular formula is C47H41N7O2. The number of carbonyl (C=O) groups excluding carboxylic acids is 1. The summed E-state index contributed by atoms with van der Waals surface area (Å²) in [7, 11) is 0. The first-order valence-corrected chi connectivity index (χ1v) is 18.9. The summed E-state index contributed by atoms with van der Waals surface area (Å²) in [5, 5.41) is 15.7. The molecule has 9 nitrogen and oxygen atoms in total. The van der Waals surface area contributed by atoms with Gasteiger partial charge in [-0.05, 0) is 71.1 Å². The van der Waals surface area contributed by atoms with Gasteiger partial charge in [0.2, 0.25) is 5.82 Å². The highest BCUT2D eigenvalue weighted by Crippen LogP contribution is 2.40. The molecule has 0 aliphatic rings. The van der Waals surface area contributed by atoms with Gasteiger partial charge in [-0.15, -0.1) is 15.0 Å². The topological polar surface area (TPSA) is 98.9 Å². The number of hydrogen-bond acceptors (Lipinski definition) is 8. The number of hydrogen-bond donors (Lipinski definition) is 0. The van der Waals surface area contributed by atoms with Crippen LogP contribution in [-0.2, 0) is 16.8 Å². The van der Waals surface area contributed by atoms with Crippen molar-refractivity contribution in [3.8, 4) is 22.6 Å². The lowest BCUT2D eigenvalue weighted by Crippen LogP contribution is -2.39. The largest absolute Gasteiger partial charge is 0.462 e. The molecule has 0 unspecified atom stereocenters. The number of rotatable bonds is 13. The van der Waals surface area contributed by atoms with E-state index in [9.17, 15) is 4.79 Å². The van der Waals surface area contributed by atoms with E-state index in [1.807, 2.05) is 97.9 Å². The van der Waals surface area contributed by atoms with E-state index in [1.165, 1.54) is 0 Å². The van der Waals surface area contributed by atoms with Crippen LogP contribution in [0.15, 0.2) is 164 Å². The van der Waals surface area contributed by atoms with Crippen molar-refractivity contribution in [1.82, 2.24) is 30.2 Å². The Morgan fingerprint density at radius 2 is 1.36 bits per heavy atom. The number of aromatic nitrogens is 6. The first-order chi connectivity index (χ1) is 27.6. The Morgan fingerprint density at radius 3 is 2.00 bits per heavy atom. The standard InChI is InChI=1S/C47H41N7O2/c1-3-31-53(45-41(25-16-30-48-45)46(55)56-4-2)33-34-26-28-42-35(32-34)27-29-43(49-42)39-23-14-15-24-40(39)44-50-52-54(51-44)47(36-17-8-5-9-18-36,37-19-10-6-11-20-37)38-21-12-7-13-22-38/h5-30,32H,3-4,31,33H2,1-2H3. The van der Waals surface area contributed by atoms with Gasteiger partial charge >= 0.3 is 5.97 Å². The van der Waals surface area contributed by atoms with Crippen molar-refractivity contribution in [2.45, 2.75) is 32.4 Å². The maximum Gasteiger partial charge on any atom is 0.341 e. The van der Waals surface area contributed by atoms with E-state index in [4.69, 9.17) is 25.1 Å². The fourth-order valence-corrected chi connectivity index (χ4v) is 7.44. The van der Waals surface area contributed by atoms with Crippen LogP contribution in [-0.4, -0.2) is 49.3 Å². The lowest BCUT2D eigenvalue weighted by atomic mass is 9.77. The molecule has 0 aliphatic carbocycles. The Bertz CT molecular complexity index is 2480. The van der Waals surface area contributed by atoms with E-state index in [2.05, 4.69) is 71.4 Å². The van der Waals surface area contributed by atoms with E-state index in [1.54, 1.807) is 23.1 Å². The molecular weight excluding hydrogens is 695 g/mol. The van der Waals surface area contributed by atoms with Crippen molar-refractivity contribution in [3.05, 3.63) is 192 Å². The fraction of sp³-hybridized carbons (Fsp3) is 0.149. The smallest absolute Gasteiger partial charge is 0.341 e. The number of benzene rings is 5. The summed E-state index contributed by atoms with van der Waals surface area (Å²) in [5.41, 5.74) is 7.11. The van der Waals surface area contributed by atoms with E-state index < -0.39 is 5.54 Å². The molecule has 0 N–H and O–H groups in total. The number of tetrazole rings is 1. The molecule has 0 bridgehead atoms. The fourth-order valence-electron chi connectivity index (χ4n) is 7.44. The Kier molecular flexibility index (Phi) is 10.4. The highest BCUT2D eigenvalue weighted by Gasteiger charge is 2.41. The Labute approximate surface area is 326 Å². The average molecular weight is 736 g/mol. The minimum atomic E-state index is -0.882. The highest BCUT2D eigenvalue weighted by atomic mass is 16.5. The zero-order chi connectivity index (χ0) is 38.3. The first-order valence-electron chi connectivity index (χ1n) is 18.9. The Balaban J connectivity index is 1.15. The zero-order valence-corrected chi connectivity index (χ0v) is 31.4. The minimum absolute atomic E-state index is 0.305. The van der Waals surface area contributed by atoms with Crippen LogP contribution in [0.5, 0.6) is 0 Å². The number of nitrogens with zero attached hydrogens (tertiary/aromatic N) is 7. The summed E-state index contributed by atoms with van der Waals surface area (Å²) in [5.74, 6) is 0.752. The maximum atomic E-state index is 12.8. The summed E-state index contributed by atoms with van der Waals surface area (Å²) in [4.78, 5) is 26.4. The molecule has 9 heteroatoms. The summed E-state index contributed by atoms with van der Waals surface area (Å²) in [6.45, 7) is 5.54. The van der Waals surface area contributed by atoms with Crippen molar-refractivity contribution in [3.63, 3.8) is 0 Å². The number of carbonyl (C=O) groups is 1. The van der Waals surface area contributed by atoms with Gasteiger partial charge in [0.25, 0.3) is 0 Å². The van der Waals surface area contributed by atoms with Crippen LogP contribution in [0.1, 0.15) is 52.9 Å². The lowest BCUT2D eigenvalue weighted by Gasteiger charge is -2.34. The van der Waals surface area contributed by atoms with Crippen molar-refractivity contribution < 1.29 is 9.53 Å². The van der Waals surface area contributed by atoms with E-state index in [0.29, 0.717) is 30.4 Å². The molecule has 0 atom stereocenters. The number of ether oxygens (including phenoxy) is 1. The predicted molar refractivity (Wildman–Crippen MR) is 220 cm³/mol. The summed E-state index contributed by atoms with van der Waals surface area (Å²) in [6.07, 6.45) is 2.61. The second-order valence-corrected chi connectivity index (χ2v) is 13.5. The molecule has 0 fully saturated rings. The third-order valence-corrected chi connectivity index (χ3v) is 9.93.